The Morgan fingerprint density at radius 2 is 1.93 bits per heavy atom. The molecule has 0 aliphatic heterocycles. The number of aliphatic hydroxyl groups is 2. The average molecular weight is 721 g/mol. The van der Waals surface area contributed by atoms with Gasteiger partial charge in [-0.3, -0.25) is 14.4 Å². The summed E-state index contributed by atoms with van der Waals surface area (Å²) in [5, 5.41) is 24.4. The molecule has 3 N–H and O–H groups in total. The van der Waals surface area contributed by atoms with E-state index in [1.165, 1.54) is 31.3 Å². The van der Waals surface area contributed by atoms with E-state index < -0.39 is 30.1 Å². The lowest BCUT2D eigenvalue weighted by Crippen LogP contribution is -2.55. The minimum absolute atomic E-state index is 0.0317. The van der Waals surface area contributed by atoms with Gasteiger partial charge in [-0.1, -0.05) is 26.0 Å². The fraction of sp³-hybridized carbons (Fsp3) is 0.406. The van der Waals surface area contributed by atoms with E-state index in [1.54, 1.807) is 24.3 Å². The molecular formula is C32H37IN2O9. The first kappa shape index (κ1) is 33.3. The number of carbonyl (C=O) groups excluding carboxylic acids is 3. The van der Waals surface area contributed by atoms with Gasteiger partial charge in [0.2, 0.25) is 5.91 Å². The van der Waals surface area contributed by atoms with Crippen LogP contribution in [-0.2, 0) is 4.79 Å². The molecule has 236 valence electrons. The lowest BCUT2D eigenvalue weighted by atomic mass is 9.87. The Bertz CT molecular complexity index is 1530. The summed E-state index contributed by atoms with van der Waals surface area (Å²) in [7, 11) is 2.95. The number of hydrogen-bond donors (Lipinski definition) is 3. The number of nitrogens with zero attached hydrogens (tertiary/aromatic N) is 1. The molecule has 4 rings (SSSR count). The Morgan fingerprint density at radius 1 is 1.18 bits per heavy atom. The molecule has 2 aromatic carbocycles. The highest BCUT2D eigenvalue weighted by molar-refractivity contribution is 14.1. The first-order valence-corrected chi connectivity index (χ1v) is 15.3. The van der Waals surface area contributed by atoms with E-state index in [1.807, 2.05) is 42.5 Å². The summed E-state index contributed by atoms with van der Waals surface area (Å²) in [6.45, 7) is 4.12. The van der Waals surface area contributed by atoms with Gasteiger partial charge < -0.3 is 39.1 Å². The molecule has 11 nitrogen and oxygen atoms in total. The predicted molar refractivity (Wildman–Crippen MR) is 171 cm³/mol. The normalized spacial score (nSPS) is 18.1. The number of aldehydes is 1. The van der Waals surface area contributed by atoms with Crippen molar-refractivity contribution in [3.05, 3.63) is 62.9 Å². The third-order valence-corrected chi connectivity index (χ3v) is 8.20. The van der Waals surface area contributed by atoms with Crippen LogP contribution in [0.4, 0.5) is 0 Å². The molecule has 0 bridgehead atoms. The van der Waals surface area contributed by atoms with Crippen LogP contribution in [0.25, 0.3) is 11.0 Å². The predicted octanol–water partition coefficient (Wildman–Crippen LogP) is 3.97. The Kier molecular flexibility index (Phi) is 11.3. The van der Waals surface area contributed by atoms with Crippen molar-refractivity contribution in [2.45, 2.75) is 44.9 Å². The van der Waals surface area contributed by atoms with Crippen LogP contribution in [0.3, 0.4) is 0 Å². The smallest absolute Gasteiger partial charge is 0.289 e. The molecule has 12 heteroatoms. The van der Waals surface area contributed by atoms with E-state index in [0.717, 1.165) is 0 Å². The van der Waals surface area contributed by atoms with Crippen LogP contribution >= 0.6 is 22.6 Å². The van der Waals surface area contributed by atoms with Gasteiger partial charge in [-0.25, -0.2) is 0 Å². The van der Waals surface area contributed by atoms with Gasteiger partial charge in [0.25, 0.3) is 5.91 Å². The third-order valence-electron chi connectivity index (χ3n) is 7.40. The molecule has 1 aromatic heterocycles. The second-order valence-electron chi connectivity index (χ2n) is 10.8. The quantitative estimate of drug-likeness (QED) is 0.176. The van der Waals surface area contributed by atoms with Crippen molar-refractivity contribution in [3.8, 4) is 17.2 Å². The number of rotatable bonds is 13. The van der Waals surface area contributed by atoms with Crippen molar-refractivity contribution < 1.29 is 43.2 Å². The van der Waals surface area contributed by atoms with Crippen LogP contribution in [0.1, 0.15) is 47.6 Å². The van der Waals surface area contributed by atoms with Crippen molar-refractivity contribution in [1.82, 2.24) is 10.2 Å². The van der Waals surface area contributed by atoms with E-state index >= 15 is 0 Å². The molecule has 1 heterocycles. The number of amides is 2. The number of nitrogens with one attached hydrogen (secondary N) is 1. The average Bonchev–Trinajstić information content (AvgIpc) is 3.46. The van der Waals surface area contributed by atoms with Crippen LogP contribution in [0.2, 0.25) is 0 Å². The number of para-hydroxylation sites is 1. The summed E-state index contributed by atoms with van der Waals surface area (Å²) < 4.78 is 23.7. The number of furan rings is 1. The van der Waals surface area contributed by atoms with Gasteiger partial charge in [-0.05, 0) is 65.3 Å². The number of carbonyl (C=O) groups is 3. The van der Waals surface area contributed by atoms with Crippen molar-refractivity contribution in [1.29, 1.82) is 0 Å². The monoisotopic (exact) mass is 720 g/mol. The molecule has 3 atom stereocenters. The Balaban J connectivity index is 1.76. The molecule has 2 amide bonds. The molecule has 1 aliphatic rings. The molecule has 1 aliphatic carbocycles. The van der Waals surface area contributed by atoms with Gasteiger partial charge in [-0.15, -0.1) is 0 Å². The van der Waals surface area contributed by atoms with Crippen LogP contribution in [-0.4, -0.2) is 85.4 Å². The molecule has 3 aromatic rings. The fourth-order valence-corrected chi connectivity index (χ4v) is 5.85. The Hall–Kier alpha value is -3.62. The molecule has 0 spiro atoms. The number of halogens is 1. The minimum atomic E-state index is -1.26. The summed E-state index contributed by atoms with van der Waals surface area (Å²) in [4.78, 5) is 40.3. The summed E-state index contributed by atoms with van der Waals surface area (Å²) in [6.07, 6.45) is 0.538. The summed E-state index contributed by atoms with van der Waals surface area (Å²) >= 11 is 2.01. The molecular weight excluding hydrogens is 683 g/mol. The maximum absolute atomic E-state index is 14.1. The zero-order chi connectivity index (χ0) is 32.0. The summed E-state index contributed by atoms with van der Waals surface area (Å²) in [5.41, 5.74) is 1.09. The highest BCUT2D eigenvalue weighted by Crippen LogP contribution is 2.37. The third kappa shape index (κ3) is 7.36. The van der Waals surface area contributed by atoms with E-state index in [9.17, 15) is 24.6 Å². The van der Waals surface area contributed by atoms with E-state index in [0.29, 0.717) is 38.6 Å². The van der Waals surface area contributed by atoms with Crippen molar-refractivity contribution in [2.75, 3.05) is 33.9 Å². The first-order chi connectivity index (χ1) is 21.1. The summed E-state index contributed by atoms with van der Waals surface area (Å²) in [5.74, 6) is 0.435. The van der Waals surface area contributed by atoms with E-state index in [-0.39, 0.29) is 54.9 Å². The van der Waals surface area contributed by atoms with Crippen LogP contribution in [0.5, 0.6) is 17.2 Å². The topological polar surface area (TPSA) is 148 Å². The first-order valence-electron chi connectivity index (χ1n) is 14.3. The number of methoxy groups -OCH3 is 2. The molecule has 0 saturated carbocycles. The highest BCUT2D eigenvalue weighted by Gasteiger charge is 2.41. The Labute approximate surface area is 269 Å². The van der Waals surface area contributed by atoms with Gasteiger partial charge in [0, 0.05) is 36.0 Å². The molecule has 44 heavy (non-hydrogen) atoms. The number of fused-ring (bicyclic) bond motifs is 1. The number of hydrogen-bond acceptors (Lipinski definition) is 9. The molecule has 0 unspecified atom stereocenters. The molecule has 0 saturated heterocycles. The second kappa shape index (κ2) is 14.9. The standard InChI is InChI=1S/C32H37IN2O9/c1-18(2)8-10-35(32(40)27-15-20-6-5-7-24(41-3)29(20)44-27)23-14-21(31(39)34-9-11-36)16-25(28(23)38)43-30-22(33)12-19(17-37)13-26(30)42-4/h5-7,12-13,15-18,23,25,28,36,38H,8-11,14H2,1-4H3,(H,34,39)/t23-,25+,28+/m1/s1. The van der Waals surface area contributed by atoms with E-state index in [2.05, 4.69) is 5.32 Å². The van der Waals surface area contributed by atoms with Gasteiger partial charge in [0.05, 0.1) is 30.4 Å². The van der Waals surface area contributed by atoms with E-state index in [4.69, 9.17) is 18.6 Å². The van der Waals surface area contributed by atoms with Crippen molar-refractivity contribution >= 4 is 51.7 Å². The van der Waals surface area contributed by atoms with Gasteiger partial charge in [-0.2, -0.15) is 0 Å². The SMILES string of the molecule is COc1cc(C=O)cc(I)c1O[C@H]1C=C(C(=O)NCCO)C[C@@H](N(CCC(C)C)C(=O)c2cc3cccc(OC)c3o2)[C@@H]1O. The lowest BCUT2D eigenvalue weighted by molar-refractivity contribution is -0.118. The maximum Gasteiger partial charge on any atom is 0.289 e. The lowest BCUT2D eigenvalue weighted by Gasteiger charge is -2.40. The van der Waals surface area contributed by atoms with Crippen molar-refractivity contribution in [3.63, 3.8) is 0 Å². The number of ether oxygens (including phenoxy) is 3. The largest absolute Gasteiger partial charge is 0.493 e. The van der Waals surface area contributed by atoms with Gasteiger partial charge in [0.15, 0.2) is 28.6 Å². The Morgan fingerprint density at radius 3 is 2.59 bits per heavy atom. The van der Waals surface area contributed by atoms with Crippen LogP contribution in [0, 0.1) is 9.49 Å². The van der Waals surface area contributed by atoms with Gasteiger partial charge in [0.1, 0.15) is 18.5 Å². The zero-order valence-corrected chi connectivity index (χ0v) is 27.2. The molecule has 0 radical (unpaired) electrons. The minimum Gasteiger partial charge on any atom is -0.493 e. The zero-order valence-electron chi connectivity index (χ0n) is 25.0. The number of aliphatic hydroxyl groups excluding tert-OH is 2. The fourth-order valence-electron chi connectivity index (χ4n) is 5.10. The summed E-state index contributed by atoms with van der Waals surface area (Å²) in [6, 6.07) is 9.25. The van der Waals surface area contributed by atoms with Gasteiger partial charge >= 0.3 is 0 Å². The van der Waals surface area contributed by atoms with Crippen LogP contribution in [0.15, 0.2) is 52.5 Å². The molecule has 0 fully saturated rings. The maximum atomic E-state index is 14.1. The highest BCUT2D eigenvalue weighted by atomic mass is 127. The van der Waals surface area contributed by atoms with Crippen LogP contribution < -0.4 is 19.5 Å². The number of benzene rings is 2. The van der Waals surface area contributed by atoms with Crippen molar-refractivity contribution in [2.24, 2.45) is 5.92 Å². The second-order valence-corrected chi connectivity index (χ2v) is 12.0.